The fraction of sp³-hybridized carbons (Fsp3) is 0.375. The summed E-state index contributed by atoms with van der Waals surface area (Å²) in [5, 5.41) is 0. The molecule has 1 unspecified atom stereocenters. The van der Waals surface area contributed by atoms with Crippen molar-refractivity contribution < 1.29 is 13.9 Å². The Bertz CT molecular complexity index is 563. The van der Waals surface area contributed by atoms with Crippen LogP contribution < -0.4 is 15.2 Å². The van der Waals surface area contributed by atoms with Crippen molar-refractivity contribution >= 4 is 0 Å². The van der Waals surface area contributed by atoms with Gasteiger partial charge in [0.25, 0.3) is 0 Å². The molecule has 0 saturated carbocycles. The lowest BCUT2D eigenvalue weighted by atomic mass is 10.0. The molecule has 0 radical (unpaired) electrons. The van der Waals surface area contributed by atoms with E-state index >= 15 is 0 Å². The van der Waals surface area contributed by atoms with Gasteiger partial charge in [-0.25, -0.2) is 0 Å². The molecular formula is C16H21NO3. The Morgan fingerprint density at radius 3 is 2.35 bits per heavy atom. The van der Waals surface area contributed by atoms with Gasteiger partial charge in [-0.1, -0.05) is 6.07 Å². The second-order valence-corrected chi connectivity index (χ2v) is 4.50. The Morgan fingerprint density at radius 2 is 1.75 bits per heavy atom. The Morgan fingerprint density at radius 1 is 1.05 bits per heavy atom. The second kappa shape index (κ2) is 6.48. The van der Waals surface area contributed by atoms with Gasteiger partial charge in [0.1, 0.15) is 11.5 Å². The fourth-order valence-electron chi connectivity index (χ4n) is 2.05. The number of furan rings is 1. The molecule has 0 saturated heterocycles. The average molecular weight is 275 g/mol. The average Bonchev–Trinajstić information content (AvgIpc) is 2.87. The van der Waals surface area contributed by atoms with Crippen molar-refractivity contribution in [1.29, 1.82) is 0 Å². The van der Waals surface area contributed by atoms with Crippen molar-refractivity contribution in [3.05, 3.63) is 47.4 Å². The smallest absolute Gasteiger partial charge is 0.161 e. The van der Waals surface area contributed by atoms with Crippen LogP contribution in [0.4, 0.5) is 0 Å². The van der Waals surface area contributed by atoms with Gasteiger partial charge in [-0.3, -0.25) is 0 Å². The number of rotatable bonds is 6. The molecule has 0 spiro atoms. The highest BCUT2D eigenvalue weighted by Crippen LogP contribution is 2.32. The van der Waals surface area contributed by atoms with Crippen LogP contribution in [0.3, 0.4) is 0 Å². The quantitative estimate of drug-likeness (QED) is 0.877. The third kappa shape index (κ3) is 3.14. The lowest BCUT2D eigenvalue weighted by molar-refractivity contribution is 0.287. The van der Waals surface area contributed by atoms with Gasteiger partial charge in [0.05, 0.1) is 19.3 Å². The van der Waals surface area contributed by atoms with Gasteiger partial charge in [-0.15, -0.1) is 0 Å². The molecule has 0 aliphatic heterocycles. The predicted octanol–water partition coefficient (Wildman–Crippen LogP) is 3.43. The third-order valence-corrected chi connectivity index (χ3v) is 2.99. The number of hydrogen-bond acceptors (Lipinski definition) is 4. The second-order valence-electron chi connectivity index (χ2n) is 4.50. The van der Waals surface area contributed by atoms with E-state index in [0.29, 0.717) is 19.0 Å². The minimum absolute atomic E-state index is 0.307. The largest absolute Gasteiger partial charge is 0.490 e. The summed E-state index contributed by atoms with van der Waals surface area (Å²) in [6.45, 7) is 6.97. The van der Waals surface area contributed by atoms with Crippen LogP contribution >= 0.6 is 0 Å². The van der Waals surface area contributed by atoms with Crippen LogP contribution in [-0.2, 0) is 0 Å². The zero-order chi connectivity index (χ0) is 14.5. The standard InChI is InChI=1S/C16H21NO3/c1-4-18-13-9-7-12(10-15(13)19-5-2)16(17)14-8-6-11(3)20-14/h6-10,16H,4-5,17H2,1-3H3. The molecule has 1 atom stereocenters. The van der Waals surface area contributed by atoms with Gasteiger partial charge in [-0.2, -0.15) is 0 Å². The maximum atomic E-state index is 6.23. The van der Waals surface area contributed by atoms with Crippen molar-refractivity contribution in [2.75, 3.05) is 13.2 Å². The van der Waals surface area contributed by atoms with Gasteiger partial charge in [-0.05, 0) is 50.6 Å². The highest BCUT2D eigenvalue weighted by atomic mass is 16.5. The Kier molecular flexibility index (Phi) is 4.69. The van der Waals surface area contributed by atoms with E-state index in [2.05, 4.69) is 0 Å². The first-order valence-corrected chi connectivity index (χ1v) is 6.87. The summed E-state index contributed by atoms with van der Waals surface area (Å²) in [4.78, 5) is 0. The van der Waals surface area contributed by atoms with Crippen LogP contribution in [0.5, 0.6) is 11.5 Å². The van der Waals surface area contributed by atoms with Gasteiger partial charge >= 0.3 is 0 Å². The van der Waals surface area contributed by atoms with Gasteiger partial charge in [0, 0.05) is 0 Å². The zero-order valence-corrected chi connectivity index (χ0v) is 12.2. The first-order chi connectivity index (χ1) is 9.65. The summed E-state index contributed by atoms with van der Waals surface area (Å²) < 4.78 is 16.7. The first kappa shape index (κ1) is 14.5. The Balaban J connectivity index is 2.29. The van der Waals surface area contributed by atoms with Gasteiger partial charge < -0.3 is 19.6 Å². The van der Waals surface area contributed by atoms with E-state index in [9.17, 15) is 0 Å². The number of aryl methyl sites for hydroxylation is 1. The van der Waals surface area contributed by atoms with Crippen molar-refractivity contribution in [1.82, 2.24) is 0 Å². The van der Waals surface area contributed by atoms with Gasteiger partial charge in [0.15, 0.2) is 11.5 Å². The first-order valence-electron chi connectivity index (χ1n) is 6.87. The summed E-state index contributed by atoms with van der Waals surface area (Å²) in [5.74, 6) is 3.05. The SMILES string of the molecule is CCOc1ccc(C(N)c2ccc(C)o2)cc1OCC. The third-order valence-electron chi connectivity index (χ3n) is 2.99. The summed E-state index contributed by atoms with van der Waals surface area (Å²) in [6, 6.07) is 9.25. The van der Waals surface area contributed by atoms with E-state index in [1.807, 2.05) is 51.1 Å². The van der Waals surface area contributed by atoms with Crippen LogP contribution in [0.1, 0.15) is 37.0 Å². The van der Waals surface area contributed by atoms with Crippen molar-refractivity contribution in [3.8, 4) is 11.5 Å². The normalized spacial score (nSPS) is 12.2. The molecular weight excluding hydrogens is 254 g/mol. The molecule has 0 aliphatic rings. The molecule has 4 nitrogen and oxygen atoms in total. The highest BCUT2D eigenvalue weighted by Gasteiger charge is 2.15. The molecule has 1 aromatic heterocycles. The van der Waals surface area contributed by atoms with E-state index < -0.39 is 0 Å². The summed E-state index contributed by atoms with van der Waals surface area (Å²) >= 11 is 0. The van der Waals surface area contributed by atoms with Crippen LogP contribution in [0, 0.1) is 6.92 Å². The molecule has 4 heteroatoms. The summed E-state index contributed by atoms with van der Waals surface area (Å²) in [6.07, 6.45) is 0. The molecule has 0 bridgehead atoms. The molecule has 1 aromatic carbocycles. The molecule has 1 heterocycles. The van der Waals surface area contributed by atoms with E-state index in [4.69, 9.17) is 19.6 Å². The van der Waals surface area contributed by atoms with E-state index in [-0.39, 0.29) is 6.04 Å². The van der Waals surface area contributed by atoms with E-state index in [1.165, 1.54) is 0 Å². The summed E-state index contributed by atoms with van der Waals surface area (Å²) in [5.41, 5.74) is 7.16. The molecule has 108 valence electrons. The fourth-order valence-corrected chi connectivity index (χ4v) is 2.05. The lowest BCUT2D eigenvalue weighted by Gasteiger charge is -2.15. The lowest BCUT2D eigenvalue weighted by Crippen LogP contribution is -2.11. The molecule has 0 amide bonds. The van der Waals surface area contributed by atoms with Crippen molar-refractivity contribution in [2.24, 2.45) is 5.73 Å². The summed E-state index contributed by atoms with van der Waals surface area (Å²) in [7, 11) is 0. The van der Waals surface area contributed by atoms with Crippen LogP contribution in [0.2, 0.25) is 0 Å². The maximum Gasteiger partial charge on any atom is 0.161 e. The van der Waals surface area contributed by atoms with Crippen LogP contribution in [0.25, 0.3) is 0 Å². The number of ether oxygens (including phenoxy) is 2. The maximum absolute atomic E-state index is 6.23. The molecule has 2 N–H and O–H groups in total. The minimum Gasteiger partial charge on any atom is -0.490 e. The predicted molar refractivity (Wildman–Crippen MR) is 78.3 cm³/mol. The number of hydrogen-bond donors (Lipinski definition) is 1. The van der Waals surface area contributed by atoms with Crippen molar-refractivity contribution in [3.63, 3.8) is 0 Å². The molecule has 2 rings (SSSR count). The Hall–Kier alpha value is -1.94. The topological polar surface area (TPSA) is 57.6 Å². The molecule has 2 aromatic rings. The molecule has 20 heavy (non-hydrogen) atoms. The highest BCUT2D eigenvalue weighted by molar-refractivity contribution is 5.45. The van der Waals surface area contributed by atoms with Crippen molar-refractivity contribution in [2.45, 2.75) is 26.8 Å². The molecule has 0 fully saturated rings. The van der Waals surface area contributed by atoms with Crippen LogP contribution in [-0.4, -0.2) is 13.2 Å². The molecule has 0 aliphatic carbocycles. The minimum atomic E-state index is -0.307. The number of nitrogens with two attached hydrogens (primary N) is 1. The monoisotopic (exact) mass is 275 g/mol. The van der Waals surface area contributed by atoms with E-state index in [0.717, 1.165) is 22.8 Å². The number of benzene rings is 1. The van der Waals surface area contributed by atoms with E-state index in [1.54, 1.807) is 0 Å². The van der Waals surface area contributed by atoms with Gasteiger partial charge in [0.2, 0.25) is 0 Å². The zero-order valence-electron chi connectivity index (χ0n) is 12.2. The van der Waals surface area contributed by atoms with Crippen LogP contribution in [0.15, 0.2) is 34.7 Å². The Labute approximate surface area is 119 Å².